The normalized spacial score (nSPS) is 16.8. The van der Waals surface area contributed by atoms with Crippen LogP contribution >= 0.6 is 11.6 Å². The summed E-state index contributed by atoms with van der Waals surface area (Å²) in [6.07, 6.45) is 1.63. The molecule has 1 atom stereocenters. The third-order valence-electron chi connectivity index (χ3n) is 3.07. The van der Waals surface area contributed by atoms with Gasteiger partial charge in [0.05, 0.1) is 0 Å². The van der Waals surface area contributed by atoms with Crippen molar-refractivity contribution in [1.82, 2.24) is 4.90 Å². The Bertz CT molecular complexity index is 391. The Morgan fingerprint density at radius 1 is 1.44 bits per heavy atom. The highest BCUT2D eigenvalue weighted by atomic mass is 35.5. The number of carbonyl (C=O) groups is 1. The van der Waals surface area contributed by atoms with Gasteiger partial charge in [0.2, 0.25) is 5.91 Å². The second-order valence-corrected chi connectivity index (χ2v) is 4.68. The fourth-order valence-corrected chi connectivity index (χ4v) is 2.19. The molecule has 0 N–H and O–H groups in total. The largest absolute Gasteiger partial charge is 0.337 e. The third-order valence-corrected chi connectivity index (χ3v) is 3.56. The number of fused-ring (bicyclic) bond motifs is 1. The molecule has 0 radical (unpaired) electrons. The number of hydrogen-bond acceptors (Lipinski definition) is 1. The number of nitrogens with zero attached hydrogens (tertiary/aromatic N) is 1. The molecular weight excluding hydrogens is 222 g/mol. The van der Waals surface area contributed by atoms with Gasteiger partial charge in [-0.3, -0.25) is 4.79 Å². The van der Waals surface area contributed by atoms with E-state index in [1.807, 2.05) is 24.0 Å². The Balaban J connectivity index is 2.11. The predicted molar refractivity (Wildman–Crippen MR) is 65.5 cm³/mol. The molecule has 1 aromatic carbocycles. The van der Waals surface area contributed by atoms with Gasteiger partial charge in [0.1, 0.15) is 5.38 Å². The van der Waals surface area contributed by atoms with E-state index < -0.39 is 0 Å². The summed E-state index contributed by atoms with van der Waals surface area (Å²) in [4.78, 5) is 13.8. The zero-order valence-electron chi connectivity index (χ0n) is 9.45. The molecule has 1 aliphatic rings. The van der Waals surface area contributed by atoms with E-state index >= 15 is 0 Å². The summed E-state index contributed by atoms with van der Waals surface area (Å²) in [7, 11) is 0. The van der Waals surface area contributed by atoms with Crippen LogP contribution in [0, 0.1) is 0 Å². The van der Waals surface area contributed by atoms with Crippen molar-refractivity contribution in [3.8, 4) is 0 Å². The summed E-state index contributed by atoms with van der Waals surface area (Å²) in [5.41, 5.74) is 2.61. The van der Waals surface area contributed by atoms with Gasteiger partial charge < -0.3 is 4.90 Å². The SMILES string of the molecule is CC[C@H](Cl)C(=O)N1CCc2ccccc2C1. The van der Waals surface area contributed by atoms with Gasteiger partial charge in [-0.15, -0.1) is 11.6 Å². The van der Waals surface area contributed by atoms with Crippen LogP contribution in [0.1, 0.15) is 24.5 Å². The molecule has 1 amide bonds. The maximum atomic E-state index is 11.9. The highest BCUT2D eigenvalue weighted by molar-refractivity contribution is 6.30. The maximum Gasteiger partial charge on any atom is 0.240 e. The number of alkyl halides is 1. The molecule has 3 heteroatoms. The fourth-order valence-electron chi connectivity index (χ4n) is 2.06. The lowest BCUT2D eigenvalue weighted by Gasteiger charge is -2.30. The average molecular weight is 238 g/mol. The lowest BCUT2D eigenvalue weighted by molar-refractivity contribution is -0.131. The lowest BCUT2D eigenvalue weighted by atomic mass is 9.99. The van der Waals surface area contributed by atoms with Crippen molar-refractivity contribution < 1.29 is 4.79 Å². The fraction of sp³-hybridized carbons (Fsp3) is 0.462. The Morgan fingerprint density at radius 2 is 2.12 bits per heavy atom. The summed E-state index contributed by atoms with van der Waals surface area (Å²) < 4.78 is 0. The van der Waals surface area contributed by atoms with Crippen LogP contribution in [0.15, 0.2) is 24.3 Å². The first-order valence-corrected chi connectivity index (χ1v) is 6.15. The highest BCUT2D eigenvalue weighted by Gasteiger charge is 2.24. The quantitative estimate of drug-likeness (QED) is 0.724. The summed E-state index contributed by atoms with van der Waals surface area (Å²) >= 11 is 5.98. The average Bonchev–Trinajstić information content (AvgIpc) is 2.36. The van der Waals surface area contributed by atoms with Crippen molar-refractivity contribution in [2.24, 2.45) is 0 Å². The number of halogens is 1. The molecule has 0 fully saturated rings. The second-order valence-electron chi connectivity index (χ2n) is 4.15. The molecule has 2 rings (SSSR count). The number of carbonyl (C=O) groups excluding carboxylic acids is 1. The Labute approximate surface area is 101 Å². The number of rotatable bonds is 2. The number of amides is 1. The van der Waals surface area contributed by atoms with Crippen LogP contribution in [0.2, 0.25) is 0 Å². The summed E-state index contributed by atoms with van der Waals surface area (Å²) in [5, 5.41) is -0.370. The molecule has 1 aromatic rings. The van der Waals surface area contributed by atoms with Gasteiger partial charge in [-0.2, -0.15) is 0 Å². The van der Waals surface area contributed by atoms with Crippen LogP contribution in [-0.2, 0) is 17.8 Å². The smallest absolute Gasteiger partial charge is 0.240 e. The zero-order valence-corrected chi connectivity index (χ0v) is 10.2. The summed E-state index contributed by atoms with van der Waals surface area (Å²) in [6, 6.07) is 8.29. The molecule has 1 heterocycles. The van der Waals surface area contributed by atoms with E-state index in [4.69, 9.17) is 11.6 Å². The van der Waals surface area contributed by atoms with E-state index in [0.29, 0.717) is 13.0 Å². The van der Waals surface area contributed by atoms with Crippen molar-refractivity contribution in [3.05, 3.63) is 35.4 Å². The van der Waals surface area contributed by atoms with E-state index in [1.165, 1.54) is 11.1 Å². The molecule has 16 heavy (non-hydrogen) atoms. The van der Waals surface area contributed by atoms with E-state index in [1.54, 1.807) is 0 Å². The van der Waals surface area contributed by atoms with Crippen molar-refractivity contribution >= 4 is 17.5 Å². The van der Waals surface area contributed by atoms with E-state index in [2.05, 4.69) is 12.1 Å². The predicted octanol–water partition coefficient (Wildman–Crippen LogP) is 2.59. The minimum Gasteiger partial charge on any atom is -0.337 e. The van der Waals surface area contributed by atoms with Crippen molar-refractivity contribution in [2.45, 2.75) is 31.7 Å². The minimum atomic E-state index is -0.370. The molecular formula is C13H16ClNO. The number of benzene rings is 1. The van der Waals surface area contributed by atoms with Crippen molar-refractivity contribution in [1.29, 1.82) is 0 Å². The van der Waals surface area contributed by atoms with Gasteiger partial charge in [0, 0.05) is 13.1 Å². The van der Waals surface area contributed by atoms with Gasteiger partial charge in [0.15, 0.2) is 0 Å². The van der Waals surface area contributed by atoms with Crippen LogP contribution in [0.5, 0.6) is 0 Å². The molecule has 2 nitrogen and oxygen atoms in total. The summed E-state index contributed by atoms with van der Waals surface area (Å²) in [6.45, 7) is 3.44. The van der Waals surface area contributed by atoms with Gasteiger partial charge in [-0.05, 0) is 24.0 Å². The van der Waals surface area contributed by atoms with Crippen LogP contribution in [-0.4, -0.2) is 22.7 Å². The Hall–Kier alpha value is -1.02. The van der Waals surface area contributed by atoms with Gasteiger partial charge in [-0.25, -0.2) is 0 Å². The molecule has 86 valence electrons. The minimum absolute atomic E-state index is 0.0682. The standard InChI is InChI=1S/C13H16ClNO/c1-2-12(14)13(16)15-8-7-10-5-3-4-6-11(10)9-15/h3-6,12H,2,7-9H2,1H3/t12-/m0/s1. The van der Waals surface area contributed by atoms with Crippen LogP contribution in [0.4, 0.5) is 0 Å². The van der Waals surface area contributed by atoms with E-state index in [0.717, 1.165) is 13.0 Å². The van der Waals surface area contributed by atoms with Crippen molar-refractivity contribution in [3.63, 3.8) is 0 Å². The van der Waals surface area contributed by atoms with Crippen molar-refractivity contribution in [2.75, 3.05) is 6.54 Å². The first kappa shape index (κ1) is 11.5. The highest BCUT2D eigenvalue weighted by Crippen LogP contribution is 2.20. The first-order valence-electron chi connectivity index (χ1n) is 5.72. The van der Waals surface area contributed by atoms with Gasteiger partial charge in [0.25, 0.3) is 0 Å². The molecule has 0 saturated carbocycles. The van der Waals surface area contributed by atoms with Crippen LogP contribution in [0.3, 0.4) is 0 Å². The topological polar surface area (TPSA) is 20.3 Å². The molecule has 1 aliphatic heterocycles. The maximum absolute atomic E-state index is 11.9. The molecule has 0 bridgehead atoms. The van der Waals surface area contributed by atoms with Crippen LogP contribution in [0.25, 0.3) is 0 Å². The Kier molecular flexibility index (Phi) is 3.49. The molecule has 0 saturated heterocycles. The zero-order chi connectivity index (χ0) is 11.5. The van der Waals surface area contributed by atoms with E-state index in [9.17, 15) is 4.79 Å². The number of hydrogen-bond donors (Lipinski definition) is 0. The first-order chi connectivity index (χ1) is 7.72. The van der Waals surface area contributed by atoms with Gasteiger partial charge in [-0.1, -0.05) is 31.2 Å². The third kappa shape index (κ3) is 2.22. The summed E-state index contributed by atoms with van der Waals surface area (Å²) in [5.74, 6) is 0.0682. The molecule has 0 unspecified atom stereocenters. The lowest BCUT2D eigenvalue weighted by Crippen LogP contribution is -2.40. The Morgan fingerprint density at radius 3 is 2.81 bits per heavy atom. The second kappa shape index (κ2) is 4.88. The monoisotopic (exact) mass is 237 g/mol. The van der Waals surface area contributed by atoms with E-state index in [-0.39, 0.29) is 11.3 Å². The molecule has 0 spiro atoms. The van der Waals surface area contributed by atoms with Crippen LogP contribution < -0.4 is 0 Å². The molecule has 0 aliphatic carbocycles. The van der Waals surface area contributed by atoms with Gasteiger partial charge >= 0.3 is 0 Å². The molecule has 0 aromatic heterocycles.